The van der Waals surface area contributed by atoms with Crippen LogP contribution in [-0.4, -0.2) is 90.8 Å². The predicted octanol–water partition coefficient (Wildman–Crippen LogP) is 3.72. The van der Waals surface area contributed by atoms with E-state index in [2.05, 4.69) is 12.2 Å². The molecule has 0 spiro atoms. The number of nitrogens with two attached hydrogens (primary N) is 2. The van der Waals surface area contributed by atoms with Crippen LogP contribution < -0.4 is 16.8 Å². The van der Waals surface area contributed by atoms with Crippen LogP contribution in [0.4, 0.5) is 0 Å². The van der Waals surface area contributed by atoms with E-state index in [4.69, 9.17) is 20.9 Å². The molecule has 1 fully saturated rings. The van der Waals surface area contributed by atoms with Gasteiger partial charge in [0.2, 0.25) is 17.7 Å². The number of nitrogens with one attached hydrogen (secondary N) is 1. The Morgan fingerprint density at radius 1 is 0.909 bits per heavy atom. The van der Waals surface area contributed by atoms with E-state index in [1.165, 1.54) is 44.9 Å². The lowest BCUT2D eigenvalue weighted by Crippen LogP contribution is -2.60. The zero-order chi connectivity index (χ0) is 31.6. The highest BCUT2D eigenvalue weighted by atomic mass is 32.2. The van der Waals surface area contributed by atoms with Crippen molar-refractivity contribution >= 4 is 29.5 Å². The second-order valence-corrected chi connectivity index (χ2v) is 12.8. The summed E-state index contributed by atoms with van der Waals surface area (Å²) in [6.45, 7) is 4.71. The summed E-state index contributed by atoms with van der Waals surface area (Å²) in [5, 5.41) is 2.99. The Morgan fingerprint density at radius 2 is 1.57 bits per heavy atom. The van der Waals surface area contributed by atoms with Crippen LogP contribution in [0, 0.1) is 0 Å². The Hall–Kier alpha value is -2.18. The maximum absolute atomic E-state index is 14.1. The monoisotopic (exact) mass is 633 g/mol. The Kier molecular flexibility index (Phi) is 17.1. The standard InChI is InChI=1S/C33H55N5O5S/c1-2-3-4-5-6-7-8-9-10-11-16-30(39)38-28(32(41)36-18-20-43-22-21-42-19-17-34)23-26-14-12-13-15-27(26)33(38)37-25-44-24-29(37)31(35)40/h12-15,28-29,33H,2-11,16-25,34H2,1H3,(H2,35,40)(H,36,41). The van der Waals surface area contributed by atoms with Crippen molar-refractivity contribution in [3.8, 4) is 0 Å². The molecule has 3 rings (SSSR count). The van der Waals surface area contributed by atoms with E-state index in [-0.39, 0.29) is 11.8 Å². The number of carbonyl (C=O) groups excluding carboxylic acids is 3. The van der Waals surface area contributed by atoms with Crippen molar-refractivity contribution in [3.63, 3.8) is 0 Å². The van der Waals surface area contributed by atoms with Gasteiger partial charge in [-0.25, -0.2) is 0 Å². The van der Waals surface area contributed by atoms with Gasteiger partial charge in [0.1, 0.15) is 18.2 Å². The summed E-state index contributed by atoms with van der Waals surface area (Å²) >= 11 is 1.62. The molecule has 3 unspecified atom stereocenters. The largest absolute Gasteiger partial charge is 0.378 e. The Bertz CT molecular complexity index is 1010. The van der Waals surface area contributed by atoms with Crippen LogP contribution in [0.3, 0.4) is 0 Å². The fourth-order valence-corrected chi connectivity index (χ4v) is 7.29. The Morgan fingerprint density at radius 3 is 2.25 bits per heavy atom. The number of thioether (sulfide) groups is 1. The maximum atomic E-state index is 14.1. The van der Waals surface area contributed by atoms with E-state index < -0.39 is 24.2 Å². The van der Waals surface area contributed by atoms with Crippen molar-refractivity contribution in [1.29, 1.82) is 0 Å². The summed E-state index contributed by atoms with van der Waals surface area (Å²) in [6.07, 6.45) is 12.1. The molecule has 2 aliphatic rings. The topological polar surface area (TPSA) is 140 Å². The van der Waals surface area contributed by atoms with Crippen molar-refractivity contribution < 1.29 is 23.9 Å². The first-order valence-electron chi connectivity index (χ1n) is 16.6. The molecule has 3 amide bonds. The third-order valence-electron chi connectivity index (χ3n) is 8.42. The quantitative estimate of drug-likeness (QED) is 0.164. The molecule has 0 aromatic heterocycles. The number of ether oxygens (including phenoxy) is 2. The van der Waals surface area contributed by atoms with Crippen LogP contribution in [0.15, 0.2) is 24.3 Å². The molecule has 248 valence electrons. The highest BCUT2D eigenvalue weighted by molar-refractivity contribution is 7.99. The van der Waals surface area contributed by atoms with Crippen molar-refractivity contribution in [2.75, 3.05) is 51.1 Å². The average molecular weight is 634 g/mol. The van der Waals surface area contributed by atoms with Gasteiger partial charge < -0.3 is 31.2 Å². The van der Waals surface area contributed by atoms with Crippen molar-refractivity contribution in [3.05, 3.63) is 35.4 Å². The average Bonchev–Trinajstić information content (AvgIpc) is 3.52. The summed E-state index contributed by atoms with van der Waals surface area (Å²) in [6, 6.07) is 6.72. The van der Waals surface area contributed by atoms with Crippen LogP contribution >= 0.6 is 11.8 Å². The summed E-state index contributed by atoms with van der Waals surface area (Å²) in [4.78, 5) is 44.0. The minimum Gasteiger partial charge on any atom is -0.378 e. The molecule has 0 bridgehead atoms. The third-order valence-corrected chi connectivity index (χ3v) is 9.45. The second-order valence-electron chi connectivity index (χ2n) is 11.8. The number of hydrogen-bond donors (Lipinski definition) is 3. The minimum atomic E-state index is -0.697. The SMILES string of the molecule is CCCCCCCCCCCCC(=O)N1C(C(=O)NCCOCCOCCN)Cc2ccccc2C1N1CSCC1C(N)=O. The minimum absolute atomic E-state index is 0.0577. The zero-order valence-corrected chi connectivity index (χ0v) is 27.5. The molecule has 0 radical (unpaired) electrons. The third kappa shape index (κ3) is 11.3. The molecular formula is C33H55N5O5S. The molecule has 44 heavy (non-hydrogen) atoms. The first-order chi connectivity index (χ1) is 21.5. The van der Waals surface area contributed by atoms with Gasteiger partial charge in [-0.2, -0.15) is 0 Å². The number of nitrogens with zero attached hydrogens (tertiary/aromatic N) is 2. The fraction of sp³-hybridized carbons (Fsp3) is 0.727. The molecule has 2 heterocycles. The highest BCUT2D eigenvalue weighted by Gasteiger charge is 2.47. The Balaban J connectivity index is 1.67. The molecule has 2 aliphatic heterocycles. The van der Waals surface area contributed by atoms with E-state index in [9.17, 15) is 14.4 Å². The van der Waals surface area contributed by atoms with Crippen LogP contribution in [0.1, 0.15) is 94.8 Å². The molecule has 1 saturated heterocycles. The van der Waals surface area contributed by atoms with Crippen molar-refractivity contribution in [2.45, 2.75) is 102 Å². The summed E-state index contributed by atoms with van der Waals surface area (Å²) < 4.78 is 10.9. The predicted molar refractivity (Wildman–Crippen MR) is 176 cm³/mol. The van der Waals surface area contributed by atoms with Gasteiger partial charge in [0.15, 0.2) is 0 Å². The molecule has 0 aliphatic carbocycles. The number of benzene rings is 1. The van der Waals surface area contributed by atoms with Gasteiger partial charge in [-0.3, -0.25) is 19.3 Å². The van der Waals surface area contributed by atoms with E-state index in [0.717, 1.165) is 30.4 Å². The number of amides is 3. The number of rotatable bonds is 22. The molecule has 10 nitrogen and oxygen atoms in total. The Labute approximate surface area is 268 Å². The lowest BCUT2D eigenvalue weighted by Gasteiger charge is -2.47. The van der Waals surface area contributed by atoms with Crippen molar-refractivity contribution in [2.24, 2.45) is 11.5 Å². The fourth-order valence-electron chi connectivity index (χ4n) is 6.07. The van der Waals surface area contributed by atoms with Gasteiger partial charge in [0.05, 0.1) is 26.4 Å². The number of unbranched alkanes of at least 4 members (excludes halogenated alkanes) is 9. The van der Waals surface area contributed by atoms with Gasteiger partial charge in [0.25, 0.3) is 0 Å². The summed E-state index contributed by atoms with van der Waals surface area (Å²) in [5.74, 6) is 0.443. The van der Waals surface area contributed by atoms with E-state index >= 15 is 0 Å². The van der Waals surface area contributed by atoms with Crippen LogP contribution in [0.25, 0.3) is 0 Å². The van der Waals surface area contributed by atoms with Gasteiger partial charge in [-0.1, -0.05) is 89.0 Å². The zero-order valence-electron chi connectivity index (χ0n) is 26.7. The smallest absolute Gasteiger partial charge is 0.243 e. The van der Waals surface area contributed by atoms with Crippen molar-refractivity contribution in [1.82, 2.24) is 15.1 Å². The number of primary amides is 1. The van der Waals surface area contributed by atoms with Crippen LogP contribution in [-0.2, 0) is 30.3 Å². The molecule has 1 aromatic rings. The maximum Gasteiger partial charge on any atom is 0.243 e. The molecule has 5 N–H and O–H groups in total. The lowest BCUT2D eigenvalue weighted by atomic mass is 9.89. The van der Waals surface area contributed by atoms with Gasteiger partial charge in [-0.05, 0) is 17.5 Å². The van der Waals surface area contributed by atoms with Crippen LogP contribution in [0.5, 0.6) is 0 Å². The first-order valence-corrected chi connectivity index (χ1v) is 17.8. The van der Waals surface area contributed by atoms with E-state index in [1.807, 2.05) is 29.2 Å². The molecule has 3 atom stereocenters. The summed E-state index contributed by atoms with van der Waals surface area (Å²) in [5.41, 5.74) is 13.2. The van der Waals surface area contributed by atoms with Gasteiger partial charge in [-0.15, -0.1) is 11.8 Å². The molecular weight excluding hydrogens is 578 g/mol. The number of carbonyl (C=O) groups is 3. The highest BCUT2D eigenvalue weighted by Crippen LogP contribution is 2.40. The van der Waals surface area contributed by atoms with Crippen LogP contribution in [0.2, 0.25) is 0 Å². The van der Waals surface area contributed by atoms with Gasteiger partial charge >= 0.3 is 0 Å². The van der Waals surface area contributed by atoms with E-state index in [1.54, 1.807) is 16.7 Å². The number of fused-ring (bicyclic) bond motifs is 1. The lowest BCUT2D eigenvalue weighted by molar-refractivity contribution is -0.151. The molecule has 0 saturated carbocycles. The molecule has 11 heteroatoms. The van der Waals surface area contributed by atoms with Gasteiger partial charge in [0, 0.05) is 37.6 Å². The normalized spacial score (nSPS) is 20.0. The van der Waals surface area contributed by atoms with E-state index in [0.29, 0.717) is 64.0 Å². The molecule has 1 aromatic carbocycles. The second kappa shape index (κ2) is 20.8. The summed E-state index contributed by atoms with van der Waals surface area (Å²) in [7, 11) is 0. The first kappa shape index (κ1) is 36.3. The number of hydrogen-bond acceptors (Lipinski definition) is 8.